The highest BCUT2D eigenvalue weighted by atomic mass is 35.5. The predicted molar refractivity (Wildman–Crippen MR) is 114 cm³/mol. The van der Waals surface area contributed by atoms with Gasteiger partial charge in [0.25, 0.3) is 5.91 Å². The SMILES string of the molecule is COC(=O)CNC(=O)Cc1ccc(NC(=O)c2nnn(-c3cccc(Cl)c3)c2C)cc1. The van der Waals surface area contributed by atoms with Crippen LogP contribution in [-0.2, 0) is 20.7 Å². The Bertz CT molecular complexity index is 1110. The maximum absolute atomic E-state index is 12.6. The lowest BCUT2D eigenvalue weighted by Crippen LogP contribution is -2.31. The Kier molecular flexibility index (Phi) is 6.99. The van der Waals surface area contributed by atoms with Crippen molar-refractivity contribution in [3.8, 4) is 5.69 Å². The summed E-state index contributed by atoms with van der Waals surface area (Å²) in [6.45, 7) is 1.56. The fourth-order valence-electron chi connectivity index (χ4n) is 2.78. The van der Waals surface area contributed by atoms with Gasteiger partial charge in [-0.05, 0) is 42.8 Å². The molecule has 3 rings (SSSR count). The summed E-state index contributed by atoms with van der Waals surface area (Å²) in [7, 11) is 1.25. The molecule has 31 heavy (non-hydrogen) atoms. The van der Waals surface area contributed by atoms with Crippen LogP contribution in [-0.4, -0.2) is 46.4 Å². The quantitative estimate of drug-likeness (QED) is 0.544. The van der Waals surface area contributed by atoms with Crippen LogP contribution in [0.2, 0.25) is 5.02 Å². The second kappa shape index (κ2) is 9.86. The number of hydrogen-bond acceptors (Lipinski definition) is 6. The molecule has 0 bridgehead atoms. The van der Waals surface area contributed by atoms with E-state index in [2.05, 4.69) is 25.7 Å². The average molecular weight is 442 g/mol. The predicted octanol–water partition coefficient (Wildman–Crippen LogP) is 2.31. The van der Waals surface area contributed by atoms with Crippen LogP contribution >= 0.6 is 11.6 Å². The smallest absolute Gasteiger partial charge is 0.325 e. The van der Waals surface area contributed by atoms with Crippen LogP contribution in [0.1, 0.15) is 21.7 Å². The van der Waals surface area contributed by atoms with Crippen molar-refractivity contribution in [2.75, 3.05) is 19.0 Å². The van der Waals surface area contributed by atoms with Gasteiger partial charge in [0.1, 0.15) is 6.54 Å². The number of carbonyl (C=O) groups is 3. The lowest BCUT2D eigenvalue weighted by molar-refractivity contribution is -0.141. The molecule has 2 N–H and O–H groups in total. The lowest BCUT2D eigenvalue weighted by Gasteiger charge is -2.07. The maximum atomic E-state index is 12.6. The fourth-order valence-corrected chi connectivity index (χ4v) is 2.96. The minimum atomic E-state index is -0.519. The number of methoxy groups -OCH3 is 1. The molecule has 0 unspecified atom stereocenters. The first-order chi connectivity index (χ1) is 14.9. The zero-order valence-electron chi connectivity index (χ0n) is 16.9. The van der Waals surface area contributed by atoms with Crippen molar-refractivity contribution < 1.29 is 19.1 Å². The number of benzene rings is 2. The van der Waals surface area contributed by atoms with Crippen LogP contribution in [0, 0.1) is 6.92 Å². The molecular formula is C21H20ClN5O4. The minimum absolute atomic E-state index is 0.0955. The van der Waals surface area contributed by atoms with Gasteiger partial charge in [-0.3, -0.25) is 14.4 Å². The average Bonchev–Trinajstić information content (AvgIpc) is 3.15. The minimum Gasteiger partial charge on any atom is -0.468 e. The molecule has 0 saturated heterocycles. The van der Waals surface area contributed by atoms with Gasteiger partial charge in [0.15, 0.2) is 5.69 Å². The molecule has 2 amide bonds. The van der Waals surface area contributed by atoms with E-state index < -0.39 is 11.9 Å². The molecule has 0 spiro atoms. The fraction of sp³-hybridized carbons (Fsp3) is 0.190. The third-order valence-corrected chi connectivity index (χ3v) is 4.63. The number of nitrogens with zero attached hydrogens (tertiary/aromatic N) is 3. The molecule has 1 heterocycles. The van der Waals surface area contributed by atoms with E-state index >= 15 is 0 Å². The van der Waals surface area contributed by atoms with E-state index in [1.54, 1.807) is 49.4 Å². The summed E-state index contributed by atoms with van der Waals surface area (Å²) in [5.41, 5.74) is 2.72. The van der Waals surface area contributed by atoms with Gasteiger partial charge in [0.2, 0.25) is 5.91 Å². The molecule has 9 nitrogen and oxygen atoms in total. The molecular weight excluding hydrogens is 422 g/mol. The molecule has 0 aliphatic heterocycles. The Hall–Kier alpha value is -3.72. The number of rotatable bonds is 7. The highest BCUT2D eigenvalue weighted by Crippen LogP contribution is 2.18. The van der Waals surface area contributed by atoms with Gasteiger partial charge in [0.05, 0.1) is 24.9 Å². The molecule has 2 aromatic carbocycles. The number of hydrogen-bond donors (Lipinski definition) is 2. The van der Waals surface area contributed by atoms with Crippen molar-refractivity contribution in [3.63, 3.8) is 0 Å². The van der Waals surface area contributed by atoms with Gasteiger partial charge in [-0.15, -0.1) is 5.10 Å². The first-order valence-corrected chi connectivity index (χ1v) is 9.67. The normalized spacial score (nSPS) is 10.4. The Labute approximate surface area is 183 Å². The molecule has 1 aromatic heterocycles. The molecule has 0 aliphatic carbocycles. The van der Waals surface area contributed by atoms with Crippen molar-refractivity contribution in [1.82, 2.24) is 20.3 Å². The van der Waals surface area contributed by atoms with Crippen molar-refractivity contribution >= 4 is 35.1 Å². The number of nitrogens with one attached hydrogen (secondary N) is 2. The van der Waals surface area contributed by atoms with E-state index in [4.69, 9.17) is 11.6 Å². The number of halogens is 1. The standard InChI is InChI=1S/C21H20ClN5O4/c1-13-20(25-26-27(13)17-5-3-4-15(22)11-17)21(30)24-16-8-6-14(7-9-16)10-18(28)23-12-19(29)31-2/h3-9,11H,10,12H2,1-2H3,(H,23,28)(H,24,30). The lowest BCUT2D eigenvalue weighted by atomic mass is 10.1. The second-order valence-electron chi connectivity index (χ2n) is 6.60. The van der Waals surface area contributed by atoms with E-state index in [1.165, 1.54) is 11.8 Å². The summed E-state index contributed by atoms with van der Waals surface area (Å²) >= 11 is 6.02. The summed E-state index contributed by atoms with van der Waals surface area (Å²) in [4.78, 5) is 35.5. The first-order valence-electron chi connectivity index (χ1n) is 9.29. The third-order valence-electron chi connectivity index (χ3n) is 4.40. The molecule has 3 aromatic rings. The van der Waals surface area contributed by atoms with Gasteiger partial charge < -0.3 is 15.4 Å². The van der Waals surface area contributed by atoms with Crippen molar-refractivity contribution in [3.05, 3.63) is 70.5 Å². The van der Waals surface area contributed by atoms with Crippen LogP contribution in [0.5, 0.6) is 0 Å². The molecule has 0 atom stereocenters. The Morgan fingerprint density at radius 3 is 2.55 bits per heavy atom. The van der Waals surface area contributed by atoms with Gasteiger partial charge in [0, 0.05) is 10.7 Å². The van der Waals surface area contributed by atoms with Crippen molar-refractivity contribution in [2.45, 2.75) is 13.3 Å². The van der Waals surface area contributed by atoms with Crippen LogP contribution in [0.25, 0.3) is 5.69 Å². The Balaban J connectivity index is 1.62. The number of carbonyl (C=O) groups excluding carboxylic acids is 3. The number of aromatic nitrogens is 3. The summed E-state index contributed by atoms with van der Waals surface area (Å²) in [6, 6.07) is 13.9. The molecule has 10 heteroatoms. The topological polar surface area (TPSA) is 115 Å². The third kappa shape index (κ3) is 5.67. The van der Waals surface area contributed by atoms with Crippen LogP contribution in [0.4, 0.5) is 5.69 Å². The number of ether oxygens (including phenoxy) is 1. The van der Waals surface area contributed by atoms with E-state index in [-0.39, 0.29) is 24.6 Å². The van der Waals surface area contributed by atoms with Crippen LogP contribution in [0.15, 0.2) is 48.5 Å². The number of esters is 1. The van der Waals surface area contributed by atoms with E-state index in [9.17, 15) is 14.4 Å². The molecule has 0 aliphatic rings. The highest BCUT2D eigenvalue weighted by molar-refractivity contribution is 6.30. The van der Waals surface area contributed by atoms with Gasteiger partial charge in [-0.25, -0.2) is 4.68 Å². The summed E-state index contributed by atoms with van der Waals surface area (Å²) in [5, 5.41) is 13.8. The number of anilines is 1. The summed E-state index contributed by atoms with van der Waals surface area (Å²) in [6.07, 6.45) is 0.0955. The Morgan fingerprint density at radius 1 is 1.13 bits per heavy atom. The zero-order valence-corrected chi connectivity index (χ0v) is 17.6. The summed E-state index contributed by atoms with van der Waals surface area (Å²) in [5.74, 6) is -1.24. The maximum Gasteiger partial charge on any atom is 0.325 e. The van der Waals surface area contributed by atoms with Crippen molar-refractivity contribution in [2.24, 2.45) is 0 Å². The molecule has 0 radical (unpaired) electrons. The van der Waals surface area contributed by atoms with E-state index in [0.29, 0.717) is 22.1 Å². The van der Waals surface area contributed by atoms with Gasteiger partial charge in [-0.1, -0.05) is 35.0 Å². The van der Waals surface area contributed by atoms with E-state index in [1.807, 2.05) is 6.07 Å². The highest BCUT2D eigenvalue weighted by Gasteiger charge is 2.18. The van der Waals surface area contributed by atoms with Gasteiger partial charge in [-0.2, -0.15) is 0 Å². The first kappa shape index (κ1) is 22.0. The largest absolute Gasteiger partial charge is 0.468 e. The van der Waals surface area contributed by atoms with Crippen molar-refractivity contribution in [1.29, 1.82) is 0 Å². The molecule has 160 valence electrons. The van der Waals surface area contributed by atoms with E-state index in [0.717, 1.165) is 5.56 Å². The van der Waals surface area contributed by atoms with Gasteiger partial charge >= 0.3 is 5.97 Å². The zero-order chi connectivity index (χ0) is 22.4. The summed E-state index contributed by atoms with van der Waals surface area (Å²) < 4.78 is 6.01. The van der Waals surface area contributed by atoms with Crippen LogP contribution < -0.4 is 10.6 Å². The van der Waals surface area contributed by atoms with Crippen LogP contribution in [0.3, 0.4) is 0 Å². The molecule has 0 fully saturated rings. The molecule has 0 saturated carbocycles. The second-order valence-corrected chi connectivity index (χ2v) is 7.03. The Morgan fingerprint density at radius 2 is 1.87 bits per heavy atom. The number of amides is 2. The monoisotopic (exact) mass is 441 g/mol.